The summed E-state index contributed by atoms with van der Waals surface area (Å²) in [6.45, 7) is 3.15. The second kappa shape index (κ2) is 4.43. The summed E-state index contributed by atoms with van der Waals surface area (Å²) in [4.78, 5) is 10.5. The Morgan fingerprint density at radius 1 is 1.64 bits per heavy atom. The lowest BCUT2D eigenvalue weighted by molar-refractivity contribution is 0.121. The summed E-state index contributed by atoms with van der Waals surface area (Å²) in [6.07, 6.45) is -0.319. The molecular formula is C7H10O6S. The summed E-state index contributed by atoms with van der Waals surface area (Å²) >= 11 is 0. The van der Waals surface area contributed by atoms with Gasteiger partial charge in [0, 0.05) is 0 Å². The molecule has 6 nitrogen and oxygen atoms in total. The Morgan fingerprint density at radius 2 is 2.36 bits per heavy atom. The summed E-state index contributed by atoms with van der Waals surface area (Å²) in [5.41, 5.74) is 0. The van der Waals surface area contributed by atoms with Crippen LogP contribution in [0.4, 0.5) is 4.79 Å². The van der Waals surface area contributed by atoms with Gasteiger partial charge in [-0.2, -0.15) is 8.42 Å². The van der Waals surface area contributed by atoms with E-state index in [-0.39, 0.29) is 13.2 Å². The lowest BCUT2D eigenvalue weighted by Gasteiger charge is -2.06. The zero-order valence-corrected chi connectivity index (χ0v) is 8.16. The van der Waals surface area contributed by atoms with Gasteiger partial charge >= 0.3 is 6.16 Å². The van der Waals surface area contributed by atoms with Gasteiger partial charge in [0.15, 0.2) is 6.10 Å². The maximum atomic E-state index is 11.1. The molecule has 0 aromatic heterocycles. The molecule has 1 aliphatic rings. The largest absolute Gasteiger partial charge is 0.508 e. The quantitative estimate of drug-likeness (QED) is 0.371. The average Bonchev–Trinajstić information content (AvgIpc) is 2.47. The highest BCUT2D eigenvalue weighted by Crippen LogP contribution is 2.09. The van der Waals surface area contributed by atoms with E-state index in [1.807, 2.05) is 0 Å². The molecule has 7 heteroatoms. The van der Waals surface area contributed by atoms with E-state index in [4.69, 9.17) is 0 Å². The summed E-state index contributed by atoms with van der Waals surface area (Å²) in [5.74, 6) is -0.396. The van der Waals surface area contributed by atoms with E-state index >= 15 is 0 Å². The topological polar surface area (TPSA) is 78.9 Å². The fourth-order valence-electron chi connectivity index (χ4n) is 0.875. The maximum absolute atomic E-state index is 11.1. The summed E-state index contributed by atoms with van der Waals surface area (Å²) in [6, 6.07) is 0. The fraction of sp³-hybridized carbons (Fsp3) is 0.571. The minimum absolute atomic E-state index is 0.0600. The summed E-state index contributed by atoms with van der Waals surface area (Å²) in [7, 11) is -3.68. The number of carbonyl (C=O) groups is 1. The standard InChI is InChI=1S/C7H10O6S/c1-2-3-12-14(9,10)5-6-4-11-7(8)13-6/h2,6H,1,3-5H2/t6-/m0/s1. The van der Waals surface area contributed by atoms with Crippen molar-refractivity contribution in [2.24, 2.45) is 0 Å². The van der Waals surface area contributed by atoms with Gasteiger partial charge in [-0.3, -0.25) is 4.18 Å². The van der Waals surface area contributed by atoms with Crippen LogP contribution < -0.4 is 0 Å². The zero-order chi connectivity index (χ0) is 10.6. The Labute approximate surface area is 81.6 Å². The van der Waals surface area contributed by atoms with Crippen LogP contribution in [0, 0.1) is 0 Å². The molecule has 0 bridgehead atoms. The molecule has 0 aliphatic carbocycles. The van der Waals surface area contributed by atoms with E-state index in [1.165, 1.54) is 6.08 Å². The van der Waals surface area contributed by atoms with Crippen LogP contribution in [0.3, 0.4) is 0 Å². The molecule has 1 saturated heterocycles. The monoisotopic (exact) mass is 222 g/mol. The van der Waals surface area contributed by atoms with Crippen LogP contribution in [0.15, 0.2) is 12.7 Å². The number of hydrogen-bond acceptors (Lipinski definition) is 6. The van der Waals surface area contributed by atoms with E-state index < -0.39 is 28.1 Å². The Balaban J connectivity index is 2.42. The van der Waals surface area contributed by atoms with Crippen molar-refractivity contribution in [2.45, 2.75) is 6.10 Å². The first-order chi connectivity index (χ1) is 6.53. The first-order valence-electron chi connectivity index (χ1n) is 3.85. The molecule has 1 rings (SSSR count). The van der Waals surface area contributed by atoms with Crippen LogP contribution in [0.5, 0.6) is 0 Å². The van der Waals surface area contributed by atoms with Gasteiger partial charge in [0.25, 0.3) is 10.1 Å². The van der Waals surface area contributed by atoms with Crippen LogP contribution in [0.2, 0.25) is 0 Å². The van der Waals surface area contributed by atoms with Crippen LogP contribution in [0.1, 0.15) is 0 Å². The van der Waals surface area contributed by atoms with Crippen LogP contribution in [-0.2, 0) is 23.8 Å². The average molecular weight is 222 g/mol. The molecule has 80 valence electrons. The normalized spacial score (nSPS) is 21.4. The molecule has 0 saturated carbocycles. The molecule has 1 aliphatic heterocycles. The molecule has 0 aromatic rings. The van der Waals surface area contributed by atoms with Crippen molar-refractivity contribution >= 4 is 16.3 Å². The molecule has 0 radical (unpaired) electrons. The summed E-state index contributed by atoms with van der Waals surface area (Å²) in [5, 5.41) is 0. The molecule has 1 atom stereocenters. The Morgan fingerprint density at radius 3 is 2.86 bits per heavy atom. The van der Waals surface area contributed by atoms with E-state index in [2.05, 4.69) is 20.2 Å². The number of cyclic esters (lactones) is 2. The van der Waals surface area contributed by atoms with Crippen molar-refractivity contribution in [1.82, 2.24) is 0 Å². The van der Waals surface area contributed by atoms with Gasteiger partial charge in [-0.05, 0) is 0 Å². The van der Waals surface area contributed by atoms with Crippen molar-refractivity contribution < 1.29 is 26.9 Å². The number of ether oxygens (including phenoxy) is 2. The predicted molar refractivity (Wildman–Crippen MR) is 46.2 cm³/mol. The van der Waals surface area contributed by atoms with Crippen molar-refractivity contribution in [1.29, 1.82) is 0 Å². The van der Waals surface area contributed by atoms with Gasteiger partial charge in [-0.1, -0.05) is 6.08 Å². The molecule has 1 heterocycles. The lowest BCUT2D eigenvalue weighted by Crippen LogP contribution is -2.24. The molecular weight excluding hydrogens is 212 g/mol. The van der Waals surface area contributed by atoms with Crippen molar-refractivity contribution in [3.05, 3.63) is 12.7 Å². The van der Waals surface area contributed by atoms with Crippen molar-refractivity contribution in [3.8, 4) is 0 Å². The van der Waals surface area contributed by atoms with Crippen LogP contribution in [0.25, 0.3) is 0 Å². The third kappa shape index (κ3) is 3.35. The zero-order valence-electron chi connectivity index (χ0n) is 7.34. The molecule has 0 N–H and O–H groups in total. The Kier molecular flexibility index (Phi) is 3.48. The second-order valence-corrected chi connectivity index (χ2v) is 4.28. The minimum atomic E-state index is -3.68. The van der Waals surface area contributed by atoms with Gasteiger partial charge in [-0.15, -0.1) is 6.58 Å². The van der Waals surface area contributed by atoms with Crippen LogP contribution in [-0.4, -0.2) is 39.6 Å². The van der Waals surface area contributed by atoms with E-state index in [1.54, 1.807) is 0 Å². The molecule has 0 aromatic carbocycles. The first kappa shape index (κ1) is 11.0. The van der Waals surface area contributed by atoms with E-state index in [0.29, 0.717) is 0 Å². The second-order valence-electron chi connectivity index (χ2n) is 2.60. The molecule has 1 fully saturated rings. The van der Waals surface area contributed by atoms with Crippen molar-refractivity contribution in [3.63, 3.8) is 0 Å². The fourth-order valence-corrected chi connectivity index (χ4v) is 1.89. The van der Waals surface area contributed by atoms with E-state index in [0.717, 1.165) is 0 Å². The van der Waals surface area contributed by atoms with Gasteiger partial charge in [-0.25, -0.2) is 4.79 Å². The van der Waals surface area contributed by atoms with E-state index in [9.17, 15) is 13.2 Å². The van der Waals surface area contributed by atoms with Gasteiger partial charge < -0.3 is 9.47 Å². The Hall–Kier alpha value is -1.08. The molecule has 0 spiro atoms. The van der Waals surface area contributed by atoms with Gasteiger partial charge in [0.2, 0.25) is 0 Å². The predicted octanol–water partition coefficient (Wildman–Crippen LogP) is 0.0542. The number of rotatable bonds is 5. The highest BCUT2D eigenvalue weighted by Gasteiger charge is 2.30. The maximum Gasteiger partial charge on any atom is 0.508 e. The number of carbonyl (C=O) groups excluding carboxylic acids is 1. The lowest BCUT2D eigenvalue weighted by atomic mass is 10.4. The summed E-state index contributed by atoms with van der Waals surface area (Å²) < 4.78 is 35.7. The molecule has 0 amide bonds. The van der Waals surface area contributed by atoms with Gasteiger partial charge in [0.1, 0.15) is 12.4 Å². The van der Waals surface area contributed by atoms with Gasteiger partial charge in [0.05, 0.1) is 6.61 Å². The molecule has 14 heavy (non-hydrogen) atoms. The minimum Gasteiger partial charge on any atom is -0.430 e. The SMILES string of the molecule is C=CCOS(=O)(=O)C[C@@H]1COC(=O)O1. The Bertz CT molecular complexity index is 319. The third-order valence-corrected chi connectivity index (χ3v) is 2.68. The highest BCUT2D eigenvalue weighted by molar-refractivity contribution is 7.86. The van der Waals surface area contributed by atoms with Crippen molar-refractivity contribution in [2.75, 3.05) is 19.0 Å². The third-order valence-electron chi connectivity index (χ3n) is 1.41. The number of hydrogen-bond donors (Lipinski definition) is 0. The van der Waals surface area contributed by atoms with Crippen LogP contribution >= 0.6 is 0 Å². The first-order valence-corrected chi connectivity index (χ1v) is 5.42. The molecule has 0 unspecified atom stereocenters. The highest BCUT2D eigenvalue weighted by atomic mass is 32.2. The smallest absolute Gasteiger partial charge is 0.430 e.